The van der Waals surface area contributed by atoms with Gasteiger partial charge in [-0.2, -0.15) is 0 Å². The van der Waals surface area contributed by atoms with Crippen LogP contribution in [0.5, 0.6) is 0 Å². The number of amides is 1. The molecule has 0 aromatic carbocycles. The largest absolute Gasteiger partial charge is 0.356 e. The van der Waals surface area contributed by atoms with Gasteiger partial charge in [-0.3, -0.25) is 9.69 Å². The van der Waals surface area contributed by atoms with Gasteiger partial charge in [0.2, 0.25) is 5.91 Å². The number of aliphatic imine (C=N–C) groups is 1. The molecule has 2 unspecified atom stereocenters. The number of hydrogen-bond acceptors (Lipinski definition) is 3. The Labute approximate surface area is 165 Å². The standard InChI is InChI=1S/C21H39N5O/c1-5-7-10-18(6-2)15-22-21(23-16-20(27)24(3)4)26-14-11-19(17-26)25-12-8-9-13-25/h8-9,18-19H,5-7,10-17H2,1-4H3,(H,22,23). The van der Waals surface area contributed by atoms with Crippen molar-refractivity contribution in [1.82, 2.24) is 20.0 Å². The van der Waals surface area contributed by atoms with E-state index < -0.39 is 0 Å². The van der Waals surface area contributed by atoms with Gasteiger partial charge in [0.25, 0.3) is 0 Å². The first-order valence-corrected chi connectivity index (χ1v) is 10.7. The summed E-state index contributed by atoms with van der Waals surface area (Å²) in [4.78, 5) is 23.2. The van der Waals surface area contributed by atoms with Gasteiger partial charge in [0.15, 0.2) is 5.96 Å². The lowest BCUT2D eigenvalue weighted by atomic mass is 9.99. The van der Waals surface area contributed by atoms with Crippen molar-refractivity contribution in [2.24, 2.45) is 10.9 Å². The first-order chi connectivity index (χ1) is 13.0. The molecule has 6 heteroatoms. The number of likely N-dealkylation sites (tertiary alicyclic amines) is 1. The van der Waals surface area contributed by atoms with Gasteiger partial charge >= 0.3 is 0 Å². The van der Waals surface area contributed by atoms with Gasteiger partial charge in [-0.05, 0) is 18.8 Å². The van der Waals surface area contributed by atoms with Gasteiger partial charge in [-0.15, -0.1) is 0 Å². The molecule has 2 aliphatic heterocycles. The second-order valence-corrected chi connectivity index (χ2v) is 8.04. The molecule has 0 saturated carbocycles. The third kappa shape index (κ3) is 6.83. The number of hydrogen-bond donors (Lipinski definition) is 1. The van der Waals surface area contributed by atoms with Crippen LogP contribution in [-0.4, -0.2) is 86.0 Å². The number of likely N-dealkylation sites (N-methyl/N-ethyl adjacent to an activating group) is 1. The van der Waals surface area contributed by atoms with Crippen molar-refractivity contribution < 1.29 is 4.79 Å². The lowest BCUT2D eigenvalue weighted by molar-refractivity contribution is -0.127. The maximum absolute atomic E-state index is 12.0. The van der Waals surface area contributed by atoms with Gasteiger partial charge < -0.3 is 15.1 Å². The molecule has 1 fully saturated rings. The number of carbonyl (C=O) groups is 1. The van der Waals surface area contributed by atoms with Crippen molar-refractivity contribution in [3.63, 3.8) is 0 Å². The molecule has 0 aliphatic carbocycles. The molecule has 0 spiro atoms. The van der Waals surface area contributed by atoms with E-state index in [1.165, 1.54) is 25.7 Å². The number of rotatable bonds is 9. The number of carbonyl (C=O) groups excluding carboxylic acids is 1. The summed E-state index contributed by atoms with van der Waals surface area (Å²) in [5.41, 5.74) is 0. The monoisotopic (exact) mass is 377 g/mol. The van der Waals surface area contributed by atoms with Gasteiger partial charge in [0, 0.05) is 52.9 Å². The van der Waals surface area contributed by atoms with Gasteiger partial charge in [0.1, 0.15) is 6.54 Å². The van der Waals surface area contributed by atoms with E-state index in [0.717, 1.165) is 45.1 Å². The van der Waals surface area contributed by atoms with E-state index in [9.17, 15) is 4.79 Å². The Balaban J connectivity index is 1.96. The molecule has 1 saturated heterocycles. The van der Waals surface area contributed by atoms with Crippen LogP contribution in [0.2, 0.25) is 0 Å². The average Bonchev–Trinajstić information content (AvgIpc) is 3.35. The third-order valence-electron chi connectivity index (χ3n) is 5.78. The fourth-order valence-corrected chi connectivity index (χ4v) is 3.76. The molecule has 6 nitrogen and oxygen atoms in total. The smallest absolute Gasteiger partial charge is 0.243 e. The van der Waals surface area contributed by atoms with Gasteiger partial charge in [-0.25, -0.2) is 4.99 Å². The Morgan fingerprint density at radius 3 is 2.67 bits per heavy atom. The predicted octanol–water partition coefficient (Wildman–Crippen LogP) is 2.18. The fourth-order valence-electron chi connectivity index (χ4n) is 3.76. The molecule has 1 amide bonds. The van der Waals surface area contributed by atoms with Crippen molar-refractivity contribution in [2.45, 2.75) is 52.0 Å². The number of unbranched alkanes of at least 4 members (excludes halogenated alkanes) is 1. The van der Waals surface area contributed by atoms with E-state index in [2.05, 4.69) is 46.1 Å². The minimum Gasteiger partial charge on any atom is -0.356 e. The van der Waals surface area contributed by atoms with Crippen LogP contribution >= 0.6 is 0 Å². The zero-order valence-corrected chi connectivity index (χ0v) is 17.8. The normalized spacial score (nSPS) is 21.7. The van der Waals surface area contributed by atoms with Gasteiger partial charge in [0.05, 0.1) is 0 Å². The molecule has 2 rings (SSSR count). The molecule has 27 heavy (non-hydrogen) atoms. The van der Waals surface area contributed by atoms with Crippen molar-refractivity contribution in [3.8, 4) is 0 Å². The molecule has 0 radical (unpaired) electrons. The highest BCUT2D eigenvalue weighted by Gasteiger charge is 2.30. The number of nitrogens with zero attached hydrogens (tertiary/aromatic N) is 4. The van der Waals surface area contributed by atoms with Crippen LogP contribution in [0.25, 0.3) is 0 Å². The lowest BCUT2D eigenvalue weighted by Crippen LogP contribution is -2.44. The van der Waals surface area contributed by atoms with Crippen molar-refractivity contribution in [3.05, 3.63) is 12.2 Å². The summed E-state index contributed by atoms with van der Waals surface area (Å²) in [6.45, 7) is 9.80. The highest BCUT2D eigenvalue weighted by atomic mass is 16.2. The quantitative estimate of drug-likeness (QED) is 0.380. The van der Waals surface area contributed by atoms with Crippen molar-refractivity contribution >= 4 is 11.9 Å². The fraction of sp³-hybridized carbons (Fsp3) is 0.810. The second kappa shape index (κ2) is 11.3. The molecule has 2 aliphatic rings. The highest BCUT2D eigenvalue weighted by Crippen LogP contribution is 2.18. The maximum Gasteiger partial charge on any atom is 0.243 e. The van der Waals surface area contributed by atoms with Crippen LogP contribution in [0.4, 0.5) is 0 Å². The molecule has 0 bridgehead atoms. The number of guanidine groups is 1. The van der Waals surface area contributed by atoms with Crippen LogP contribution < -0.4 is 5.32 Å². The molecule has 2 atom stereocenters. The Morgan fingerprint density at radius 1 is 1.30 bits per heavy atom. The maximum atomic E-state index is 12.0. The molecular weight excluding hydrogens is 338 g/mol. The molecule has 0 aromatic rings. The number of nitrogens with one attached hydrogen (secondary N) is 1. The summed E-state index contributed by atoms with van der Waals surface area (Å²) in [7, 11) is 3.57. The van der Waals surface area contributed by atoms with Crippen LogP contribution in [0.3, 0.4) is 0 Å². The van der Waals surface area contributed by atoms with Crippen molar-refractivity contribution in [2.75, 3.05) is 53.4 Å². The van der Waals surface area contributed by atoms with Crippen LogP contribution in [0.15, 0.2) is 17.1 Å². The summed E-state index contributed by atoms with van der Waals surface area (Å²) in [5.74, 6) is 1.63. The van der Waals surface area contributed by atoms with Crippen LogP contribution in [0, 0.1) is 5.92 Å². The lowest BCUT2D eigenvalue weighted by Gasteiger charge is -2.27. The predicted molar refractivity (Wildman–Crippen MR) is 113 cm³/mol. The van der Waals surface area contributed by atoms with Crippen LogP contribution in [-0.2, 0) is 4.79 Å². The molecule has 1 N–H and O–H groups in total. The summed E-state index contributed by atoms with van der Waals surface area (Å²) in [5, 5.41) is 3.60. The molecule has 154 valence electrons. The molecule has 0 aromatic heterocycles. The van der Waals surface area contributed by atoms with Crippen molar-refractivity contribution in [1.29, 1.82) is 0 Å². The Kier molecular flexibility index (Phi) is 9.11. The summed E-state index contributed by atoms with van der Waals surface area (Å²) in [6, 6.07) is 0.582. The zero-order valence-electron chi connectivity index (χ0n) is 17.8. The average molecular weight is 378 g/mol. The summed E-state index contributed by atoms with van der Waals surface area (Å²) >= 11 is 0. The van der Waals surface area contributed by atoms with E-state index in [0.29, 0.717) is 12.0 Å². The zero-order chi connectivity index (χ0) is 19.6. The topological polar surface area (TPSA) is 51.2 Å². The minimum atomic E-state index is 0.0480. The van der Waals surface area contributed by atoms with Gasteiger partial charge in [-0.1, -0.05) is 45.3 Å². The minimum absolute atomic E-state index is 0.0480. The first-order valence-electron chi connectivity index (χ1n) is 10.7. The van der Waals surface area contributed by atoms with E-state index in [1.807, 2.05) is 0 Å². The van der Waals surface area contributed by atoms with E-state index in [4.69, 9.17) is 0 Å². The molecule has 2 heterocycles. The highest BCUT2D eigenvalue weighted by molar-refractivity contribution is 5.85. The second-order valence-electron chi connectivity index (χ2n) is 8.04. The first kappa shape index (κ1) is 21.7. The van der Waals surface area contributed by atoms with E-state index in [1.54, 1.807) is 19.0 Å². The van der Waals surface area contributed by atoms with E-state index in [-0.39, 0.29) is 12.5 Å². The molecular formula is C21H39N5O. The third-order valence-corrected chi connectivity index (χ3v) is 5.78. The summed E-state index contributed by atoms with van der Waals surface area (Å²) < 4.78 is 0. The van der Waals surface area contributed by atoms with E-state index >= 15 is 0 Å². The van der Waals surface area contributed by atoms with Crippen LogP contribution in [0.1, 0.15) is 46.0 Å². The Morgan fingerprint density at radius 2 is 2.04 bits per heavy atom. The SMILES string of the molecule is CCCCC(CC)CNC(=NCC(=O)N(C)C)N1CCC(N2CC=CC2)C1. The Hall–Kier alpha value is -1.56. The Bertz CT molecular complexity index is 509. The summed E-state index contributed by atoms with van der Waals surface area (Å²) in [6.07, 6.45) is 10.6.